The Hall–Kier alpha value is -1.89. The second-order valence-electron chi connectivity index (χ2n) is 3.17. The minimum absolute atomic E-state index is 0.113. The maximum absolute atomic E-state index is 11.5. The highest BCUT2D eigenvalue weighted by Gasteiger charge is 2.04. The zero-order chi connectivity index (χ0) is 11.4. The van der Waals surface area contributed by atoms with E-state index in [0.29, 0.717) is 12.2 Å². The number of hydrogen-bond acceptors (Lipinski definition) is 5. The molecule has 6 nitrogen and oxygen atoms in total. The number of nitrogens with two attached hydrogens (primary N) is 1. The molecule has 1 amide bonds. The lowest BCUT2D eigenvalue weighted by Crippen LogP contribution is -2.27. The van der Waals surface area contributed by atoms with Crippen LogP contribution in [-0.4, -0.2) is 20.7 Å². The van der Waals surface area contributed by atoms with Crippen LogP contribution < -0.4 is 11.1 Å². The third kappa shape index (κ3) is 2.80. The normalized spacial score (nSPS) is 10.2. The topological polar surface area (TPSA) is 85.8 Å². The van der Waals surface area contributed by atoms with Crippen LogP contribution in [0.5, 0.6) is 0 Å². The van der Waals surface area contributed by atoms with E-state index in [1.54, 1.807) is 12.4 Å². The summed E-state index contributed by atoms with van der Waals surface area (Å²) in [6, 6.07) is 0. The summed E-state index contributed by atoms with van der Waals surface area (Å²) in [6.45, 7) is 0.621. The van der Waals surface area contributed by atoms with E-state index in [-0.39, 0.29) is 12.5 Å². The first-order chi connectivity index (χ1) is 7.74. The molecule has 2 aromatic heterocycles. The number of nitrogen functional groups attached to an aromatic ring is 1. The lowest BCUT2D eigenvalue weighted by atomic mass is 10.5. The molecular formula is C9H11N5OS. The van der Waals surface area contributed by atoms with Crippen LogP contribution in [0.4, 0.5) is 5.69 Å². The van der Waals surface area contributed by atoms with Gasteiger partial charge in [-0.05, 0) is 0 Å². The summed E-state index contributed by atoms with van der Waals surface area (Å²) in [5.41, 5.74) is 6.03. The molecule has 0 unspecified atom stereocenters. The van der Waals surface area contributed by atoms with Crippen molar-refractivity contribution in [2.75, 3.05) is 5.73 Å². The third-order valence-corrected chi connectivity index (χ3v) is 2.66. The van der Waals surface area contributed by atoms with Crippen molar-refractivity contribution in [2.24, 2.45) is 0 Å². The van der Waals surface area contributed by atoms with Crippen LogP contribution >= 0.6 is 11.3 Å². The number of thiazole rings is 1. The largest absolute Gasteiger partial charge is 0.396 e. The number of nitrogens with one attached hydrogen (secondary N) is 1. The zero-order valence-corrected chi connectivity index (χ0v) is 9.28. The van der Waals surface area contributed by atoms with Crippen molar-refractivity contribution in [2.45, 2.75) is 13.1 Å². The first kappa shape index (κ1) is 10.6. The van der Waals surface area contributed by atoms with Crippen LogP contribution in [0.15, 0.2) is 24.0 Å². The maximum atomic E-state index is 11.5. The summed E-state index contributed by atoms with van der Waals surface area (Å²) in [4.78, 5) is 15.5. The Balaban J connectivity index is 1.81. The van der Waals surface area contributed by atoms with Gasteiger partial charge in [-0.1, -0.05) is 0 Å². The molecule has 0 saturated carbocycles. The van der Waals surface area contributed by atoms with Gasteiger partial charge in [-0.15, -0.1) is 11.3 Å². The summed E-state index contributed by atoms with van der Waals surface area (Å²) in [5, 5.41) is 9.42. The van der Waals surface area contributed by atoms with E-state index in [2.05, 4.69) is 15.4 Å². The van der Waals surface area contributed by atoms with Crippen molar-refractivity contribution in [3.05, 3.63) is 29.0 Å². The van der Waals surface area contributed by atoms with E-state index >= 15 is 0 Å². The predicted octanol–water partition coefficient (Wildman–Crippen LogP) is 0.238. The van der Waals surface area contributed by atoms with E-state index in [1.165, 1.54) is 22.2 Å². The molecule has 0 aliphatic rings. The van der Waals surface area contributed by atoms with Crippen LogP contribution in [-0.2, 0) is 17.9 Å². The fourth-order valence-corrected chi connectivity index (χ4v) is 1.74. The molecule has 7 heteroatoms. The third-order valence-electron chi connectivity index (χ3n) is 1.88. The molecule has 0 saturated heterocycles. The molecule has 0 aliphatic heterocycles. The van der Waals surface area contributed by atoms with E-state index in [1.807, 2.05) is 5.38 Å². The second-order valence-corrected chi connectivity index (χ2v) is 4.15. The number of rotatable bonds is 4. The number of amides is 1. The average molecular weight is 237 g/mol. The van der Waals surface area contributed by atoms with Gasteiger partial charge in [-0.2, -0.15) is 5.10 Å². The minimum atomic E-state index is -0.113. The van der Waals surface area contributed by atoms with Gasteiger partial charge >= 0.3 is 0 Å². The van der Waals surface area contributed by atoms with Gasteiger partial charge < -0.3 is 11.1 Å². The predicted molar refractivity (Wildman–Crippen MR) is 60.6 cm³/mol. The highest BCUT2D eigenvalue weighted by molar-refractivity contribution is 7.09. The summed E-state index contributed by atoms with van der Waals surface area (Å²) < 4.78 is 1.49. The van der Waals surface area contributed by atoms with Crippen molar-refractivity contribution in [1.82, 2.24) is 20.1 Å². The molecule has 0 aromatic carbocycles. The van der Waals surface area contributed by atoms with Crippen LogP contribution in [0, 0.1) is 0 Å². The maximum Gasteiger partial charge on any atom is 0.242 e. The lowest BCUT2D eigenvalue weighted by Gasteiger charge is -2.02. The van der Waals surface area contributed by atoms with Gasteiger partial charge in [0.1, 0.15) is 11.6 Å². The molecule has 2 rings (SSSR count). The molecule has 0 radical (unpaired) electrons. The van der Waals surface area contributed by atoms with Crippen LogP contribution in [0.3, 0.4) is 0 Å². The van der Waals surface area contributed by atoms with Crippen molar-refractivity contribution < 1.29 is 4.79 Å². The quantitative estimate of drug-likeness (QED) is 0.797. The Kier molecular flexibility index (Phi) is 3.16. The number of aromatic nitrogens is 3. The molecule has 0 aliphatic carbocycles. The molecule has 0 spiro atoms. The SMILES string of the molecule is Nc1cnn(CC(=O)NCc2nccs2)c1. The molecule has 0 atom stereocenters. The number of carbonyl (C=O) groups excluding carboxylic acids is 1. The molecule has 2 aromatic rings. The standard InChI is InChI=1S/C9H11N5OS/c10-7-3-13-14(5-7)6-8(15)12-4-9-11-1-2-16-9/h1-3,5H,4,6,10H2,(H,12,15). The van der Waals surface area contributed by atoms with Gasteiger partial charge in [0.2, 0.25) is 5.91 Å². The molecule has 0 fully saturated rings. The Morgan fingerprint density at radius 1 is 1.62 bits per heavy atom. The highest BCUT2D eigenvalue weighted by atomic mass is 32.1. The van der Waals surface area contributed by atoms with Crippen molar-refractivity contribution in [3.8, 4) is 0 Å². The van der Waals surface area contributed by atoms with Gasteiger partial charge in [-0.25, -0.2) is 4.98 Å². The van der Waals surface area contributed by atoms with Crippen LogP contribution in [0.2, 0.25) is 0 Å². The lowest BCUT2D eigenvalue weighted by molar-refractivity contribution is -0.122. The summed E-state index contributed by atoms with van der Waals surface area (Å²) in [7, 11) is 0. The zero-order valence-electron chi connectivity index (χ0n) is 8.46. The number of hydrogen-bond donors (Lipinski definition) is 2. The Bertz CT molecular complexity index is 464. The fraction of sp³-hybridized carbons (Fsp3) is 0.222. The first-order valence-corrected chi connectivity index (χ1v) is 5.55. The van der Waals surface area contributed by atoms with Crippen LogP contribution in [0.1, 0.15) is 5.01 Å². The van der Waals surface area contributed by atoms with Crippen molar-refractivity contribution >= 4 is 22.9 Å². The molecule has 0 bridgehead atoms. The fourth-order valence-electron chi connectivity index (χ4n) is 1.18. The highest BCUT2D eigenvalue weighted by Crippen LogP contribution is 2.02. The van der Waals surface area contributed by atoms with Gasteiger partial charge in [-0.3, -0.25) is 9.48 Å². The van der Waals surface area contributed by atoms with E-state index < -0.39 is 0 Å². The second kappa shape index (κ2) is 4.75. The van der Waals surface area contributed by atoms with Crippen molar-refractivity contribution in [3.63, 3.8) is 0 Å². The molecule has 84 valence electrons. The summed E-state index contributed by atoms with van der Waals surface area (Å²) in [6.07, 6.45) is 4.83. The van der Waals surface area contributed by atoms with Gasteiger partial charge in [0.15, 0.2) is 0 Å². The molecule has 2 heterocycles. The average Bonchev–Trinajstić information content (AvgIpc) is 2.87. The van der Waals surface area contributed by atoms with Crippen LogP contribution in [0.25, 0.3) is 0 Å². The Morgan fingerprint density at radius 2 is 2.50 bits per heavy atom. The van der Waals surface area contributed by atoms with Gasteiger partial charge in [0.25, 0.3) is 0 Å². The van der Waals surface area contributed by atoms with Gasteiger partial charge in [0, 0.05) is 17.8 Å². The summed E-state index contributed by atoms with van der Waals surface area (Å²) in [5.74, 6) is -0.113. The number of anilines is 1. The number of nitrogens with zero attached hydrogens (tertiary/aromatic N) is 3. The Morgan fingerprint density at radius 3 is 3.12 bits per heavy atom. The monoisotopic (exact) mass is 237 g/mol. The number of carbonyl (C=O) groups is 1. The molecule has 16 heavy (non-hydrogen) atoms. The van der Waals surface area contributed by atoms with E-state index in [9.17, 15) is 4.79 Å². The summed E-state index contributed by atoms with van der Waals surface area (Å²) >= 11 is 1.51. The van der Waals surface area contributed by atoms with Gasteiger partial charge in [0.05, 0.1) is 18.4 Å². The minimum Gasteiger partial charge on any atom is -0.396 e. The first-order valence-electron chi connectivity index (χ1n) is 4.67. The molecular weight excluding hydrogens is 226 g/mol. The van der Waals surface area contributed by atoms with E-state index in [0.717, 1.165) is 5.01 Å². The Labute approximate surface area is 96.1 Å². The van der Waals surface area contributed by atoms with Crippen molar-refractivity contribution in [1.29, 1.82) is 0 Å². The molecule has 3 N–H and O–H groups in total. The smallest absolute Gasteiger partial charge is 0.242 e. The van der Waals surface area contributed by atoms with E-state index in [4.69, 9.17) is 5.73 Å².